The maximum absolute atomic E-state index is 12.6. The Morgan fingerprint density at radius 2 is 2.10 bits per heavy atom. The lowest BCUT2D eigenvalue weighted by Crippen LogP contribution is -2.47. The van der Waals surface area contributed by atoms with E-state index in [4.69, 9.17) is 4.74 Å². The van der Waals surface area contributed by atoms with Gasteiger partial charge in [-0.15, -0.1) is 0 Å². The summed E-state index contributed by atoms with van der Waals surface area (Å²) in [5.74, 6) is 0.449. The van der Waals surface area contributed by atoms with Crippen LogP contribution in [0.4, 0.5) is 0 Å². The Hall–Kier alpha value is -1.88. The van der Waals surface area contributed by atoms with E-state index in [1.807, 2.05) is 17.0 Å². The van der Waals surface area contributed by atoms with Crippen molar-refractivity contribution in [1.29, 1.82) is 0 Å². The Morgan fingerprint density at radius 1 is 1.35 bits per heavy atom. The molecule has 1 atom stereocenters. The summed E-state index contributed by atoms with van der Waals surface area (Å²) in [6.07, 6.45) is 0.283. The van der Waals surface area contributed by atoms with Crippen LogP contribution >= 0.6 is 0 Å². The van der Waals surface area contributed by atoms with Gasteiger partial charge in [0.15, 0.2) is 5.78 Å². The van der Waals surface area contributed by atoms with Crippen molar-refractivity contribution in [1.82, 2.24) is 10.2 Å². The minimum atomic E-state index is -0.318. The highest BCUT2D eigenvalue weighted by atomic mass is 16.5. The highest BCUT2D eigenvalue weighted by Crippen LogP contribution is 2.36. The van der Waals surface area contributed by atoms with Gasteiger partial charge in [0.1, 0.15) is 5.75 Å². The molecular formula is C15H18N2O3. The Labute approximate surface area is 117 Å². The first-order chi connectivity index (χ1) is 9.70. The monoisotopic (exact) mass is 274 g/mol. The van der Waals surface area contributed by atoms with Crippen LogP contribution in [0, 0.1) is 0 Å². The number of ketones is 1. The summed E-state index contributed by atoms with van der Waals surface area (Å²) in [7, 11) is 1.57. The minimum absolute atomic E-state index is 0.0346. The van der Waals surface area contributed by atoms with E-state index in [0.29, 0.717) is 11.3 Å². The number of hydrogen-bond donors (Lipinski definition) is 1. The third kappa shape index (κ3) is 2.18. The van der Waals surface area contributed by atoms with E-state index in [0.717, 1.165) is 31.7 Å². The van der Waals surface area contributed by atoms with Crippen LogP contribution < -0.4 is 10.1 Å². The van der Waals surface area contributed by atoms with E-state index >= 15 is 0 Å². The molecule has 1 aromatic rings. The van der Waals surface area contributed by atoms with Crippen molar-refractivity contribution in [3.05, 3.63) is 29.3 Å². The van der Waals surface area contributed by atoms with E-state index in [2.05, 4.69) is 5.32 Å². The van der Waals surface area contributed by atoms with Gasteiger partial charge in [0, 0.05) is 38.2 Å². The number of nitrogens with zero attached hydrogens (tertiary/aromatic N) is 1. The maximum Gasteiger partial charge on any atom is 0.230 e. The molecule has 1 saturated heterocycles. The third-order valence-electron chi connectivity index (χ3n) is 4.05. The average Bonchev–Trinajstić information content (AvgIpc) is 2.84. The third-order valence-corrected chi connectivity index (χ3v) is 4.05. The quantitative estimate of drug-likeness (QED) is 0.866. The molecule has 106 valence electrons. The van der Waals surface area contributed by atoms with Crippen LogP contribution in [0.5, 0.6) is 5.75 Å². The number of amides is 1. The zero-order valence-corrected chi connectivity index (χ0v) is 11.5. The van der Waals surface area contributed by atoms with Gasteiger partial charge in [-0.1, -0.05) is 6.07 Å². The number of ether oxygens (including phenoxy) is 1. The van der Waals surface area contributed by atoms with E-state index < -0.39 is 0 Å². The van der Waals surface area contributed by atoms with Gasteiger partial charge in [-0.25, -0.2) is 0 Å². The van der Waals surface area contributed by atoms with Gasteiger partial charge in [-0.3, -0.25) is 9.59 Å². The predicted octanol–water partition coefficient (Wildman–Crippen LogP) is 0.797. The molecule has 20 heavy (non-hydrogen) atoms. The molecule has 1 amide bonds. The number of carbonyl (C=O) groups is 2. The summed E-state index contributed by atoms with van der Waals surface area (Å²) >= 11 is 0. The molecular weight excluding hydrogens is 256 g/mol. The molecule has 0 aromatic heterocycles. The summed E-state index contributed by atoms with van der Waals surface area (Å²) in [4.78, 5) is 26.5. The Morgan fingerprint density at radius 3 is 2.80 bits per heavy atom. The topological polar surface area (TPSA) is 58.6 Å². The van der Waals surface area contributed by atoms with Gasteiger partial charge in [-0.2, -0.15) is 0 Å². The second-order valence-electron chi connectivity index (χ2n) is 5.21. The van der Waals surface area contributed by atoms with Crippen LogP contribution in [0.3, 0.4) is 0 Å². The van der Waals surface area contributed by atoms with Gasteiger partial charge in [0.2, 0.25) is 5.91 Å². The molecule has 0 bridgehead atoms. The molecule has 1 aliphatic heterocycles. The highest BCUT2D eigenvalue weighted by molar-refractivity contribution is 6.07. The normalized spacial score (nSPS) is 21.8. The summed E-state index contributed by atoms with van der Waals surface area (Å²) in [5, 5.41) is 3.23. The lowest BCUT2D eigenvalue weighted by Gasteiger charge is -2.29. The molecule has 3 rings (SSSR count). The van der Waals surface area contributed by atoms with Gasteiger partial charge in [0.05, 0.1) is 13.0 Å². The number of Topliss-reactive ketones (excluding diaryl/α,β-unsaturated/α-hetero) is 1. The zero-order valence-electron chi connectivity index (χ0n) is 11.5. The second kappa shape index (κ2) is 5.25. The molecule has 1 aromatic carbocycles. The fraction of sp³-hybridized carbons (Fsp3) is 0.467. The fourth-order valence-corrected chi connectivity index (χ4v) is 2.94. The molecule has 2 aliphatic rings. The first kappa shape index (κ1) is 13.1. The standard InChI is InChI=1S/C15H18N2O3/c1-20-10-2-3-11-12(8-10)14(18)9-13(11)15(19)17-6-4-16-5-7-17/h2-3,8,13,16H,4-7,9H2,1H3. The molecule has 1 unspecified atom stereocenters. The SMILES string of the molecule is COc1ccc2c(c1)C(=O)CC2C(=O)N1CCNCC1. The summed E-state index contributed by atoms with van der Waals surface area (Å²) < 4.78 is 5.14. The van der Waals surface area contributed by atoms with E-state index in [9.17, 15) is 9.59 Å². The number of hydrogen-bond acceptors (Lipinski definition) is 4. The van der Waals surface area contributed by atoms with Gasteiger partial charge in [-0.05, 0) is 17.7 Å². The summed E-state index contributed by atoms with van der Waals surface area (Å²) in [6, 6.07) is 5.40. The number of carbonyl (C=O) groups excluding carboxylic acids is 2. The van der Waals surface area contributed by atoms with Crippen molar-refractivity contribution in [2.45, 2.75) is 12.3 Å². The molecule has 1 heterocycles. The number of rotatable bonds is 2. The molecule has 1 aliphatic carbocycles. The number of nitrogens with one attached hydrogen (secondary N) is 1. The van der Waals surface area contributed by atoms with Crippen molar-refractivity contribution in [3.8, 4) is 5.75 Å². The second-order valence-corrected chi connectivity index (χ2v) is 5.21. The molecule has 1 fully saturated rings. The molecule has 5 heteroatoms. The van der Waals surface area contributed by atoms with Gasteiger partial charge >= 0.3 is 0 Å². The van der Waals surface area contributed by atoms with Crippen LogP contribution in [-0.4, -0.2) is 49.9 Å². The van der Waals surface area contributed by atoms with Crippen LogP contribution in [0.25, 0.3) is 0 Å². The Kier molecular flexibility index (Phi) is 3.44. The van der Waals surface area contributed by atoms with Crippen molar-refractivity contribution < 1.29 is 14.3 Å². The van der Waals surface area contributed by atoms with Crippen LogP contribution in [0.1, 0.15) is 28.3 Å². The maximum atomic E-state index is 12.6. The lowest BCUT2D eigenvalue weighted by molar-refractivity contribution is -0.133. The highest BCUT2D eigenvalue weighted by Gasteiger charge is 2.36. The number of methoxy groups -OCH3 is 1. The summed E-state index contributed by atoms with van der Waals surface area (Å²) in [6.45, 7) is 3.08. The number of fused-ring (bicyclic) bond motifs is 1. The number of benzene rings is 1. The van der Waals surface area contributed by atoms with E-state index in [1.54, 1.807) is 13.2 Å². The average molecular weight is 274 g/mol. The molecule has 0 radical (unpaired) electrons. The van der Waals surface area contributed by atoms with Gasteiger partial charge < -0.3 is 15.0 Å². The van der Waals surface area contributed by atoms with Crippen molar-refractivity contribution in [2.24, 2.45) is 0 Å². The molecule has 0 spiro atoms. The largest absolute Gasteiger partial charge is 0.497 e. The van der Waals surface area contributed by atoms with Crippen LogP contribution in [-0.2, 0) is 4.79 Å². The lowest BCUT2D eigenvalue weighted by atomic mass is 9.99. The molecule has 0 saturated carbocycles. The fourth-order valence-electron chi connectivity index (χ4n) is 2.94. The van der Waals surface area contributed by atoms with Crippen molar-refractivity contribution in [2.75, 3.05) is 33.3 Å². The zero-order chi connectivity index (χ0) is 14.1. The Balaban J connectivity index is 1.87. The van der Waals surface area contributed by atoms with Crippen LogP contribution in [0.2, 0.25) is 0 Å². The summed E-state index contributed by atoms with van der Waals surface area (Å²) in [5.41, 5.74) is 1.48. The van der Waals surface area contributed by atoms with Gasteiger partial charge in [0.25, 0.3) is 0 Å². The first-order valence-electron chi connectivity index (χ1n) is 6.91. The number of piperazine rings is 1. The van der Waals surface area contributed by atoms with Crippen molar-refractivity contribution in [3.63, 3.8) is 0 Å². The van der Waals surface area contributed by atoms with Crippen molar-refractivity contribution >= 4 is 11.7 Å². The van der Waals surface area contributed by atoms with E-state index in [-0.39, 0.29) is 24.0 Å². The molecule has 1 N–H and O–H groups in total. The minimum Gasteiger partial charge on any atom is -0.497 e. The Bertz CT molecular complexity index is 550. The van der Waals surface area contributed by atoms with Crippen LogP contribution in [0.15, 0.2) is 18.2 Å². The first-order valence-corrected chi connectivity index (χ1v) is 6.91. The smallest absolute Gasteiger partial charge is 0.230 e. The molecule has 5 nitrogen and oxygen atoms in total. The van der Waals surface area contributed by atoms with E-state index in [1.165, 1.54) is 0 Å². The predicted molar refractivity (Wildman–Crippen MR) is 74.1 cm³/mol.